The van der Waals surface area contributed by atoms with Gasteiger partial charge in [0.05, 0.1) is 0 Å². The van der Waals surface area contributed by atoms with Crippen LogP contribution in [0.15, 0.2) is 17.5 Å². The zero-order valence-corrected chi connectivity index (χ0v) is 13.0. The third-order valence-electron chi connectivity index (χ3n) is 3.71. The van der Waals surface area contributed by atoms with E-state index in [4.69, 9.17) is 5.73 Å². The molecule has 0 aromatic carbocycles. The van der Waals surface area contributed by atoms with Crippen molar-refractivity contribution in [1.29, 1.82) is 0 Å². The van der Waals surface area contributed by atoms with Crippen molar-refractivity contribution in [3.8, 4) is 0 Å². The van der Waals surface area contributed by atoms with Crippen LogP contribution in [0.2, 0.25) is 0 Å². The van der Waals surface area contributed by atoms with Crippen LogP contribution in [-0.2, 0) is 11.2 Å². The van der Waals surface area contributed by atoms with Crippen LogP contribution >= 0.6 is 23.7 Å². The maximum Gasteiger partial charge on any atom is 0.225 e. The molecule has 5 heteroatoms. The van der Waals surface area contributed by atoms with E-state index in [0.717, 1.165) is 38.6 Å². The molecular formula is C14H23ClN2OS. The topological polar surface area (TPSA) is 46.3 Å². The Morgan fingerprint density at radius 3 is 2.95 bits per heavy atom. The molecule has 1 saturated carbocycles. The lowest BCUT2D eigenvalue weighted by Gasteiger charge is -2.29. The number of carbonyl (C=O) groups is 1. The molecule has 0 aliphatic heterocycles. The Balaban J connectivity index is 0.00000180. The van der Waals surface area contributed by atoms with Gasteiger partial charge in [0, 0.05) is 30.4 Å². The van der Waals surface area contributed by atoms with Gasteiger partial charge in [-0.05, 0) is 37.1 Å². The highest BCUT2D eigenvalue weighted by Crippen LogP contribution is 2.24. The third-order valence-corrected chi connectivity index (χ3v) is 4.65. The van der Waals surface area contributed by atoms with Crippen molar-refractivity contribution in [3.05, 3.63) is 22.4 Å². The fourth-order valence-electron chi connectivity index (χ4n) is 2.61. The normalized spacial score (nSPS) is 22.6. The molecule has 1 aromatic heterocycles. The Hall–Kier alpha value is -0.580. The molecule has 1 aromatic rings. The molecule has 1 amide bonds. The summed E-state index contributed by atoms with van der Waals surface area (Å²) in [6, 6.07) is 4.40. The van der Waals surface area contributed by atoms with Crippen molar-refractivity contribution in [2.45, 2.75) is 38.1 Å². The number of nitrogens with zero attached hydrogens (tertiary/aromatic N) is 1. The summed E-state index contributed by atoms with van der Waals surface area (Å²) in [5, 5.41) is 2.08. The van der Waals surface area contributed by atoms with Gasteiger partial charge in [-0.25, -0.2) is 0 Å². The molecule has 0 spiro atoms. The number of hydrogen-bond donors (Lipinski definition) is 1. The fourth-order valence-corrected chi connectivity index (χ4v) is 3.30. The molecule has 2 N–H and O–H groups in total. The predicted molar refractivity (Wildman–Crippen MR) is 82.8 cm³/mol. The van der Waals surface area contributed by atoms with E-state index in [1.54, 1.807) is 11.3 Å². The van der Waals surface area contributed by atoms with Crippen molar-refractivity contribution >= 4 is 29.7 Å². The molecule has 1 aliphatic rings. The maximum atomic E-state index is 12.3. The molecule has 1 fully saturated rings. The smallest absolute Gasteiger partial charge is 0.225 e. The SMILES string of the molecule is CN(CCc1cccs1)C(=O)C1CCCC(N)C1.Cl. The average Bonchev–Trinajstić information content (AvgIpc) is 2.88. The number of likely N-dealkylation sites (N-methyl/N-ethyl adjacent to an activating group) is 1. The molecule has 0 bridgehead atoms. The van der Waals surface area contributed by atoms with Crippen LogP contribution in [0, 0.1) is 5.92 Å². The number of halogens is 1. The van der Waals surface area contributed by atoms with E-state index in [-0.39, 0.29) is 30.3 Å². The highest BCUT2D eigenvalue weighted by atomic mass is 35.5. The number of nitrogens with two attached hydrogens (primary N) is 1. The van der Waals surface area contributed by atoms with Crippen molar-refractivity contribution in [1.82, 2.24) is 4.90 Å². The van der Waals surface area contributed by atoms with Crippen LogP contribution in [0.1, 0.15) is 30.6 Å². The Bertz CT molecular complexity index is 383. The van der Waals surface area contributed by atoms with Gasteiger partial charge in [-0.15, -0.1) is 23.7 Å². The second kappa shape index (κ2) is 7.88. The van der Waals surface area contributed by atoms with Crippen molar-refractivity contribution in [2.75, 3.05) is 13.6 Å². The predicted octanol–water partition coefficient (Wildman–Crippen LogP) is 2.69. The first kappa shape index (κ1) is 16.5. The van der Waals surface area contributed by atoms with Gasteiger partial charge >= 0.3 is 0 Å². The Morgan fingerprint density at radius 1 is 1.53 bits per heavy atom. The molecule has 0 saturated heterocycles. The number of carbonyl (C=O) groups excluding carboxylic acids is 1. The van der Waals surface area contributed by atoms with Crippen LogP contribution in [-0.4, -0.2) is 30.4 Å². The van der Waals surface area contributed by atoms with E-state index >= 15 is 0 Å². The number of thiophene rings is 1. The maximum absolute atomic E-state index is 12.3. The van der Waals surface area contributed by atoms with Crippen LogP contribution in [0.25, 0.3) is 0 Å². The highest BCUT2D eigenvalue weighted by molar-refractivity contribution is 7.09. The lowest BCUT2D eigenvalue weighted by atomic mass is 9.85. The molecule has 2 atom stereocenters. The highest BCUT2D eigenvalue weighted by Gasteiger charge is 2.27. The first-order valence-corrected chi connectivity index (χ1v) is 7.57. The molecule has 19 heavy (non-hydrogen) atoms. The van der Waals surface area contributed by atoms with E-state index in [9.17, 15) is 4.79 Å². The van der Waals surface area contributed by atoms with Gasteiger partial charge in [0.15, 0.2) is 0 Å². The molecule has 2 unspecified atom stereocenters. The fraction of sp³-hybridized carbons (Fsp3) is 0.643. The molecule has 2 rings (SSSR count). The number of rotatable bonds is 4. The number of hydrogen-bond acceptors (Lipinski definition) is 3. The molecule has 1 aliphatic carbocycles. The van der Waals surface area contributed by atoms with Gasteiger partial charge in [-0.1, -0.05) is 12.5 Å². The molecular weight excluding hydrogens is 280 g/mol. The second-order valence-electron chi connectivity index (χ2n) is 5.21. The quantitative estimate of drug-likeness (QED) is 0.929. The third kappa shape index (κ3) is 4.79. The average molecular weight is 303 g/mol. The van der Waals surface area contributed by atoms with E-state index in [0.29, 0.717) is 0 Å². The molecule has 1 heterocycles. The van der Waals surface area contributed by atoms with E-state index in [1.165, 1.54) is 4.88 Å². The van der Waals surface area contributed by atoms with Gasteiger partial charge < -0.3 is 10.6 Å². The summed E-state index contributed by atoms with van der Waals surface area (Å²) in [4.78, 5) is 15.5. The Morgan fingerprint density at radius 2 is 2.32 bits per heavy atom. The van der Waals surface area contributed by atoms with E-state index in [1.807, 2.05) is 11.9 Å². The lowest BCUT2D eigenvalue weighted by molar-refractivity contribution is -0.135. The van der Waals surface area contributed by atoms with Crippen LogP contribution in [0.5, 0.6) is 0 Å². The van der Waals surface area contributed by atoms with Crippen molar-refractivity contribution in [2.24, 2.45) is 11.7 Å². The van der Waals surface area contributed by atoms with Gasteiger partial charge in [0.2, 0.25) is 5.91 Å². The summed E-state index contributed by atoms with van der Waals surface area (Å²) in [7, 11) is 1.91. The molecule has 3 nitrogen and oxygen atoms in total. The van der Waals surface area contributed by atoms with Crippen LogP contribution in [0.4, 0.5) is 0 Å². The van der Waals surface area contributed by atoms with Crippen molar-refractivity contribution in [3.63, 3.8) is 0 Å². The molecule has 0 radical (unpaired) electrons. The summed E-state index contributed by atoms with van der Waals surface area (Å²) in [6.45, 7) is 0.811. The Kier molecular flexibility index (Phi) is 6.83. The first-order chi connectivity index (χ1) is 8.66. The summed E-state index contributed by atoms with van der Waals surface area (Å²) in [5.74, 6) is 0.434. The van der Waals surface area contributed by atoms with E-state index < -0.39 is 0 Å². The minimum Gasteiger partial charge on any atom is -0.345 e. The molecule has 108 valence electrons. The van der Waals surface area contributed by atoms with Crippen molar-refractivity contribution < 1.29 is 4.79 Å². The minimum atomic E-state index is 0. The summed E-state index contributed by atoms with van der Waals surface area (Å²) < 4.78 is 0. The minimum absolute atomic E-state index is 0. The largest absolute Gasteiger partial charge is 0.345 e. The summed E-state index contributed by atoms with van der Waals surface area (Å²) >= 11 is 1.75. The van der Waals surface area contributed by atoms with Gasteiger partial charge in [0.25, 0.3) is 0 Å². The monoisotopic (exact) mass is 302 g/mol. The van der Waals surface area contributed by atoms with Gasteiger partial charge in [-0.3, -0.25) is 4.79 Å². The Labute approximate surface area is 125 Å². The summed E-state index contributed by atoms with van der Waals surface area (Å²) in [6.07, 6.45) is 5.00. The number of amides is 1. The van der Waals surface area contributed by atoms with Crippen LogP contribution < -0.4 is 5.73 Å². The van der Waals surface area contributed by atoms with Gasteiger partial charge in [0.1, 0.15) is 0 Å². The van der Waals surface area contributed by atoms with Crippen LogP contribution in [0.3, 0.4) is 0 Å². The van der Waals surface area contributed by atoms with Gasteiger partial charge in [-0.2, -0.15) is 0 Å². The summed E-state index contributed by atoms with van der Waals surface area (Å²) in [5.41, 5.74) is 5.95. The first-order valence-electron chi connectivity index (χ1n) is 6.69. The zero-order chi connectivity index (χ0) is 13.0. The van der Waals surface area contributed by atoms with E-state index in [2.05, 4.69) is 17.5 Å². The standard InChI is InChI=1S/C14H22N2OS.ClH/c1-16(8-7-13-6-3-9-18-13)14(17)11-4-2-5-12(15)10-11;/h3,6,9,11-12H,2,4-5,7-8,10,15H2,1H3;1H. The second-order valence-corrected chi connectivity index (χ2v) is 6.25. The zero-order valence-electron chi connectivity index (χ0n) is 11.4. The lowest BCUT2D eigenvalue weighted by Crippen LogP contribution is -2.39.